The molecular weight excluding hydrogens is 264 g/mol. The Hall–Kier alpha value is -0.380. The van der Waals surface area contributed by atoms with E-state index in [4.69, 9.17) is 0 Å². The van der Waals surface area contributed by atoms with Crippen molar-refractivity contribution in [1.82, 2.24) is 10.2 Å². The van der Waals surface area contributed by atoms with Crippen LogP contribution in [0.4, 0.5) is 0 Å². The highest BCUT2D eigenvalue weighted by Crippen LogP contribution is 2.26. The fourth-order valence-electron chi connectivity index (χ4n) is 3.35. The monoisotopic (exact) mass is 294 g/mol. The van der Waals surface area contributed by atoms with Gasteiger partial charge in [-0.1, -0.05) is 27.7 Å². The van der Waals surface area contributed by atoms with Gasteiger partial charge in [-0.3, -0.25) is 4.90 Å². The summed E-state index contributed by atoms with van der Waals surface area (Å²) in [6, 6.07) is 2.95. The lowest BCUT2D eigenvalue weighted by Gasteiger charge is -2.49. The predicted octanol–water partition coefficient (Wildman–Crippen LogP) is 3.78. The minimum absolute atomic E-state index is 0.333. The first-order valence-electron chi connectivity index (χ1n) is 8.10. The van der Waals surface area contributed by atoms with Crippen LogP contribution in [0, 0.1) is 5.92 Å². The van der Waals surface area contributed by atoms with E-state index in [1.54, 1.807) is 0 Å². The zero-order valence-electron chi connectivity index (χ0n) is 13.5. The average Bonchev–Trinajstić information content (AvgIpc) is 2.97. The van der Waals surface area contributed by atoms with Gasteiger partial charge in [-0.15, -0.1) is 0 Å². The molecule has 2 nitrogen and oxygen atoms in total. The molecule has 0 amide bonds. The van der Waals surface area contributed by atoms with E-state index < -0.39 is 0 Å². The highest BCUT2D eigenvalue weighted by atomic mass is 32.1. The number of hydrogen-bond acceptors (Lipinski definition) is 3. The first kappa shape index (κ1) is 16.0. The fourth-order valence-corrected chi connectivity index (χ4v) is 4.05. The summed E-state index contributed by atoms with van der Waals surface area (Å²) in [6.45, 7) is 12.9. The van der Waals surface area contributed by atoms with Crippen LogP contribution in [-0.2, 0) is 6.42 Å². The number of nitrogens with one attached hydrogen (secondary N) is 1. The number of hydrogen-bond donors (Lipinski definition) is 1. The second-order valence-electron chi connectivity index (χ2n) is 6.53. The van der Waals surface area contributed by atoms with Crippen molar-refractivity contribution in [2.45, 2.75) is 58.5 Å². The van der Waals surface area contributed by atoms with Crippen LogP contribution in [0.5, 0.6) is 0 Å². The molecule has 1 unspecified atom stereocenters. The Morgan fingerprint density at radius 3 is 2.70 bits per heavy atom. The van der Waals surface area contributed by atoms with Crippen LogP contribution in [0.2, 0.25) is 0 Å². The Balaban J connectivity index is 2.02. The van der Waals surface area contributed by atoms with E-state index in [0.717, 1.165) is 12.5 Å². The van der Waals surface area contributed by atoms with Gasteiger partial charge in [0.05, 0.1) is 0 Å². The molecule has 1 aromatic heterocycles. The lowest BCUT2D eigenvalue weighted by Crippen LogP contribution is -2.65. The molecule has 1 aliphatic heterocycles. The molecule has 0 saturated carbocycles. The first-order valence-corrected chi connectivity index (χ1v) is 9.04. The molecule has 0 radical (unpaired) electrons. The third-order valence-electron chi connectivity index (χ3n) is 5.05. The van der Waals surface area contributed by atoms with Gasteiger partial charge < -0.3 is 5.32 Å². The molecule has 0 spiro atoms. The summed E-state index contributed by atoms with van der Waals surface area (Å²) < 4.78 is 0. The third kappa shape index (κ3) is 3.63. The zero-order valence-corrected chi connectivity index (χ0v) is 14.3. The van der Waals surface area contributed by atoms with Crippen molar-refractivity contribution >= 4 is 11.3 Å². The first-order chi connectivity index (χ1) is 9.60. The highest BCUT2D eigenvalue weighted by Gasteiger charge is 2.37. The van der Waals surface area contributed by atoms with Gasteiger partial charge in [-0.25, -0.2) is 0 Å². The number of thiophene rings is 1. The summed E-state index contributed by atoms with van der Waals surface area (Å²) in [5.74, 6) is 0.719. The normalized spacial score (nSPS) is 23.4. The lowest BCUT2D eigenvalue weighted by atomic mass is 9.86. The molecule has 0 bridgehead atoms. The Bertz CT molecular complexity index is 382. The van der Waals surface area contributed by atoms with E-state index in [0.29, 0.717) is 11.6 Å². The molecule has 0 aromatic carbocycles. The van der Waals surface area contributed by atoms with Gasteiger partial charge in [0.15, 0.2) is 0 Å². The van der Waals surface area contributed by atoms with Gasteiger partial charge in [0.2, 0.25) is 0 Å². The molecular formula is C17H30N2S. The Morgan fingerprint density at radius 1 is 1.40 bits per heavy atom. The zero-order chi connectivity index (χ0) is 14.6. The third-order valence-corrected chi connectivity index (χ3v) is 5.78. The molecule has 2 heterocycles. The lowest BCUT2D eigenvalue weighted by molar-refractivity contribution is 0.0514. The molecule has 1 N–H and O–H groups in total. The van der Waals surface area contributed by atoms with Gasteiger partial charge in [0.1, 0.15) is 0 Å². The van der Waals surface area contributed by atoms with Crippen molar-refractivity contribution in [3.63, 3.8) is 0 Å². The fraction of sp³-hybridized carbons (Fsp3) is 0.765. The van der Waals surface area contributed by atoms with Crippen molar-refractivity contribution in [2.24, 2.45) is 5.92 Å². The van der Waals surface area contributed by atoms with Gasteiger partial charge in [0.25, 0.3) is 0 Å². The summed E-state index contributed by atoms with van der Waals surface area (Å²) in [5.41, 5.74) is 1.83. The summed E-state index contributed by atoms with van der Waals surface area (Å²) in [6.07, 6.45) is 3.64. The molecule has 114 valence electrons. The van der Waals surface area contributed by atoms with E-state index in [9.17, 15) is 0 Å². The Morgan fingerprint density at radius 2 is 2.15 bits per heavy atom. The Labute approximate surface area is 128 Å². The SMILES string of the molecule is CCC1(CC)CN(CCc2ccsc2)C(C(C)C)CN1. The van der Waals surface area contributed by atoms with Crippen molar-refractivity contribution in [1.29, 1.82) is 0 Å². The van der Waals surface area contributed by atoms with Crippen LogP contribution in [-0.4, -0.2) is 36.1 Å². The van der Waals surface area contributed by atoms with E-state index in [1.165, 1.54) is 37.9 Å². The second kappa shape index (κ2) is 7.06. The molecule has 1 aromatic rings. The van der Waals surface area contributed by atoms with Gasteiger partial charge in [0, 0.05) is 31.2 Å². The van der Waals surface area contributed by atoms with Crippen LogP contribution in [0.3, 0.4) is 0 Å². The van der Waals surface area contributed by atoms with Crippen LogP contribution in [0.1, 0.15) is 46.1 Å². The predicted molar refractivity (Wildman–Crippen MR) is 89.5 cm³/mol. The molecule has 1 atom stereocenters. The molecule has 20 heavy (non-hydrogen) atoms. The van der Waals surface area contributed by atoms with E-state index in [1.807, 2.05) is 11.3 Å². The number of rotatable bonds is 6. The number of nitrogens with zero attached hydrogens (tertiary/aromatic N) is 1. The number of piperazine rings is 1. The maximum Gasteiger partial charge on any atom is 0.0304 e. The van der Waals surface area contributed by atoms with Crippen LogP contribution in [0.15, 0.2) is 16.8 Å². The van der Waals surface area contributed by atoms with Crippen molar-refractivity contribution in [3.8, 4) is 0 Å². The summed E-state index contributed by atoms with van der Waals surface area (Å²) in [5, 5.41) is 8.33. The van der Waals surface area contributed by atoms with Gasteiger partial charge in [-0.05, 0) is 47.6 Å². The quantitative estimate of drug-likeness (QED) is 0.859. The minimum atomic E-state index is 0.333. The average molecular weight is 295 g/mol. The smallest absolute Gasteiger partial charge is 0.0304 e. The van der Waals surface area contributed by atoms with E-state index >= 15 is 0 Å². The highest BCUT2D eigenvalue weighted by molar-refractivity contribution is 7.07. The molecule has 2 rings (SSSR count). The minimum Gasteiger partial charge on any atom is -0.308 e. The molecule has 1 fully saturated rings. The van der Waals surface area contributed by atoms with Crippen LogP contribution >= 0.6 is 11.3 Å². The van der Waals surface area contributed by atoms with Crippen LogP contribution in [0.25, 0.3) is 0 Å². The Kier molecular flexibility index (Phi) is 5.65. The van der Waals surface area contributed by atoms with E-state index in [2.05, 4.69) is 54.7 Å². The van der Waals surface area contributed by atoms with Crippen molar-refractivity contribution in [3.05, 3.63) is 22.4 Å². The maximum absolute atomic E-state index is 3.85. The summed E-state index contributed by atoms with van der Waals surface area (Å²) in [7, 11) is 0. The van der Waals surface area contributed by atoms with Gasteiger partial charge >= 0.3 is 0 Å². The standard InChI is InChI=1S/C17H30N2S/c1-5-17(6-2)13-19(16(11-18-17)14(3)4)9-7-15-8-10-20-12-15/h8,10,12,14,16,18H,5-7,9,11,13H2,1-4H3. The molecule has 3 heteroatoms. The second-order valence-corrected chi connectivity index (χ2v) is 7.31. The van der Waals surface area contributed by atoms with E-state index in [-0.39, 0.29) is 0 Å². The van der Waals surface area contributed by atoms with Gasteiger partial charge in [-0.2, -0.15) is 11.3 Å². The summed E-state index contributed by atoms with van der Waals surface area (Å²) in [4.78, 5) is 2.74. The molecule has 1 saturated heterocycles. The van der Waals surface area contributed by atoms with Crippen molar-refractivity contribution in [2.75, 3.05) is 19.6 Å². The maximum atomic E-state index is 3.85. The summed E-state index contributed by atoms with van der Waals surface area (Å²) >= 11 is 1.81. The molecule has 0 aliphatic carbocycles. The van der Waals surface area contributed by atoms with Crippen LogP contribution < -0.4 is 5.32 Å². The molecule has 1 aliphatic rings. The topological polar surface area (TPSA) is 15.3 Å². The van der Waals surface area contributed by atoms with Crippen molar-refractivity contribution < 1.29 is 0 Å². The largest absolute Gasteiger partial charge is 0.308 e.